The minimum Gasteiger partial charge on any atom is -0.478 e. The zero-order valence-corrected chi connectivity index (χ0v) is 10.6. The van der Waals surface area contributed by atoms with Crippen molar-refractivity contribution in [1.82, 2.24) is 0 Å². The maximum atomic E-state index is 13.4. The topological polar surface area (TPSA) is 37.3 Å². The summed E-state index contributed by atoms with van der Waals surface area (Å²) in [5, 5.41) is 8.99. The summed E-state index contributed by atoms with van der Waals surface area (Å²) >= 11 is 1.18. The van der Waals surface area contributed by atoms with E-state index in [1.165, 1.54) is 30.0 Å². The van der Waals surface area contributed by atoms with E-state index in [-0.39, 0.29) is 17.1 Å². The third kappa shape index (κ3) is 3.32. The number of carboxylic acid groups (broad SMARTS) is 1. The van der Waals surface area contributed by atoms with Crippen molar-refractivity contribution in [3.8, 4) is 0 Å². The van der Waals surface area contributed by atoms with Crippen LogP contribution in [0.5, 0.6) is 0 Å². The molecule has 0 bridgehead atoms. The van der Waals surface area contributed by atoms with Crippen molar-refractivity contribution in [2.45, 2.75) is 10.6 Å². The fraction of sp³-hybridized carbons (Fsp3) is 0.0714. The van der Waals surface area contributed by atoms with Crippen LogP contribution in [0.3, 0.4) is 0 Å². The lowest BCUT2D eigenvalue weighted by Crippen LogP contribution is -2.02. The summed E-state index contributed by atoms with van der Waals surface area (Å²) < 4.78 is 26.4. The molecular weight excluding hydrogens is 270 g/mol. The number of hydrogen-bond donors (Lipinski definition) is 1. The molecule has 98 valence electrons. The van der Waals surface area contributed by atoms with Crippen LogP contribution < -0.4 is 0 Å². The zero-order chi connectivity index (χ0) is 13.8. The Hall–Kier alpha value is -1.88. The lowest BCUT2D eigenvalue weighted by Gasteiger charge is -2.06. The Balaban J connectivity index is 2.20. The van der Waals surface area contributed by atoms with E-state index in [1.807, 2.05) is 0 Å². The summed E-state index contributed by atoms with van der Waals surface area (Å²) in [7, 11) is 0. The van der Waals surface area contributed by atoms with Crippen LogP contribution in [0.25, 0.3) is 0 Å². The van der Waals surface area contributed by atoms with E-state index < -0.39 is 11.8 Å². The lowest BCUT2D eigenvalue weighted by atomic mass is 10.1. The summed E-state index contributed by atoms with van der Waals surface area (Å²) in [6, 6.07) is 9.82. The minimum absolute atomic E-state index is 0.0937. The molecule has 2 rings (SSSR count). The van der Waals surface area contributed by atoms with Crippen molar-refractivity contribution in [1.29, 1.82) is 0 Å². The molecule has 2 nitrogen and oxygen atoms in total. The lowest BCUT2D eigenvalue weighted by molar-refractivity contribution is 0.0695. The average Bonchev–Trinajstić information content (AvgIpc) is 2.38. The van der Waals surface area contributed by atoms with Crippen molar-refractivity contribution in [2.24, 2.45) is 0 Å². The molecule has 0 aliphatic carbocycles. The first-order chi connectivity index (χ1) is 9.08. The fourth-order valence-corrected chi connectivity index (χ4v) is 2.53. The Bertz CT molecular complexity index is 614. The van der Waals surface area contributed by atoms with Gasteiger partial charge in [-0.1, -0.05) is 18.2 Å². The molecule has 0 amide bonds. The summed E-state index contributed by atoms with van der Waals surface area (Å²) in [6.07, 6.45) is 0. The Morgan fingerprint density at radius 3 is 2.58 bits per heavy atom. The molecule has 0 fully saturated rings. The molecule has 0 aliphatic heterocycles. The number of hydrogen-bond acceptors (Lipinski definition) is 2. The van der Waals surface area contributed by atoms with Gasteiger partial charge in [-0.05, 0) is 29.8 Å². The second-order valence-corrected chi connectivity index (χ2v) is 4.84. The van der Waals surface area contributed by atoms with E-state index in [4.69, 9.17) is 5.11 Å². The smallest absolute Gasteiger partial charge is 0.336 e. The molecule has 0 radical (unpaired) electrons. The van der Waals surface area contributed by atoms with Crippen LogP contribution in [-0.2, 0) is 5.75 Å². The highest BCUT2D eigenvalue weighted by Crippen LogP contribution is 2.26. The molecule has 19 heavy (non-hydrogen) atoms. The maximum absolute atomic E-state index is 13.4. The SMILES string of the molecule is O=C(O)c1cc(F)ccc1CSc1ccccc1F. The van der Waals surface area contributed by atoms with Gasteiger partial charge in [0.25, 0.3) is 0 Å². The molecule has 2 aromatic rings. The van der Waals surface area contributed by atoms with Gasteiger partial charge in [0, 0.05) is 10.6 Å². The van der Waals surface area contributed by atoms with Crippen LogP contribution in [0.4, 0.5) is 8.78 Å². The van der Waals surface area contributed by atoms with Crippen molar-refractivity contribution < 1.29 is 18.7 Å². The molecule has 0 aliphatic rings. The standard InChI is InChI=1S/C14H10F2O2S/c15-10-6-5-9(11(7-10)14(17)18)8-19-13-4-2-1-3-12(13)16/h1-7H,8H2,(H,17,18). The monoisotopic (exact) mass is 280 g/mol. The second-order valence-electron chi connectivity index (χ2n) is 3.83. The number of aromatic carboxylic acids is 1. The second kappa shape index (κ2) is 5.84. The van der Waals surface area contributed by atoms with Crippen molar-refractivity contribution >= 4 is 17.7 Å². The van der Waals surface area contributed by atoms with Gasteiger partial charge in [0.2, 0.25) is 0 Å². The van der Waals surface area contributed by atoms with Gasteiger partial charge in [-0.2, -0.15) is 0 Å². The molecule has 0 heterocycles. The van der Waals surface area contributed by atoms with Gasteiger partial charge >= 0.3 is 5.97 Å². The number of halogens is 2. The number of carboxylic acids is 1. The molecule has 0 aromatic heterocycles. The third-order valence-corrected chi connectivity index (χ3v) is 3.62. The molecule has 1 N–H and O–H groups in total. The molecule has 0 spiro atoms. The highest BCUT2D eigenvalue weighted by molar-refractivity contribution is 7.98. The molecule has 0 atom stereocenters. The van der Waals surface area contributed by atoms with Crippen LogP contribution in [0.1, 0.15) is 15.9 Å². The first-order valence-corrected chi connectivity index (χ1v) is 6.45. The Labute approximate surface area is 113 Å². The highest BCUT2D eigenvalue weighted by Gasteiger charge is 2.12. The molecule has 5 heteroatoms. The molecule has 0 unspecified atom stereocenters. The van der Waals surface area contributed by atoms with Crippen LogP contribution in [0, 0.1) is 11.6 Å². The minimum atomic E-state index is -1.19. The number of benzene rings is 2. The molecule has 0 saturated heterocycles. The summed E-state index contributed by atoms with van der Waals surface area (Å²) in [4.78, 5) is 11.4. The van der Waals surface area contributed by atoms with Crippen LogP contribution >= 0.6 is 11.8 Å². The first-order valence-electron chi connectivity index (χ1n) is 5.47. The van der Waals surface area contributed by atoms with Gasteiger partial charge in [0.05, 0.1) is 5.56 Å². The van der Waals surface area contributed by atoms with Gasteiger partial charge in [-0.15, -0.1) is 11.8 Å². The highest BCUT2D eigenvalue weighted by atomic mass is 32.2. The molecular formula is C14H10F2O2S. The fourth-order valence-electron chi connectivity index (χ4n) is 1.59. The van der Waals surface area contributed by atoms with E-state index in [0.29, 0.717) is 10.5 Å². The van der Waals surface area contributed by atoms with E-state index in [9.17, 15) is 13.6 Å². The van der Waals surface area contributed by atoms with Crippen LogP contribution in [0.2, 0.25) is 0 Å². The van der Waals surface area contributed by atoms with Gasteiger partial charge in [-0.3, -0.25) is 0 Å². The zero-order valence-electron chi connectivity index (χ0n) is 9.77. The summed E-state index contributed by atoms with van der Waals surface area (Å²) in [5.74, 6) is -1.88. The Kier molecular flexibility index (Phi) is 4.16. The summed E-state index contributed by atoms with van der Waals surface area (Å²) in [5.41, 5.74) is 0.367. The average molecular weight is 280 g/mol. The molecule has 2 aromatic carbocycles. The largest absolute Gasteiger partial charge is 0.478 e. The van der Waals surface area contributed by atoms with Crippen LogP contribution in [0.15, 0.2) is 47.4 Å². The van der Waals surface area contributed by atoms with Gasteiger partial charge in [-0.25, -0.2) is 13.6 Å². The van der Waals surface area contributed by atoms with Crippen molar-refractivity contribution in [3.05, 3.63) is 65.2 Å². The maximum Gasteiger partial charge on any atom is 0.336 e. The normalized spacial score (nSPS) is 10.4. The number of thioether (sulfide) groups is 1. The van der Waals surface area contributed by atoms with E-state index in [2.05, 4.69) is 0 Å². The quantitative estimate of drug-likeness (QED) is 0.861. The van der Waals surface area contributed by atoms with Crippen molar-refractivity contribution in [2.75, 3.05) is 0 Å². The van der Waals surface area contributed by atoms with E-state index in [1.54, 1.807) is 18.2 Å². The Morgan fingerprint density at radius 1 is 1.16 bits per heavy atom. The first kappa shape index (κ1) is 13.5. The van der Waals surface area contributed by atoms with Crippen molar-refractivity contribution in [3.63, 3.8) is 0 Å². The van der Waals surface area contributed by atoms with Gasteiger partial charge in [0.1, 0.15) is 11.6 Å². The predicted molar refractivity (Wildman–Crippen MR) is 69.3 cm³/mol. The van der Waals surface area contributed by atoms with E-state index >= 15 is 0 Å². The Morgan fingerprint density at radius 2 is 1.89 bits per heavy atom. The van der Waals surface area contributed by atoms with E-state index in [0.717, 1.165) is 6.07 Å². The van der Waals surface area contributed by atoms with Crippen LogP contribution in [-0.4, -0.2) is 11.1 Å². The third-order valence-electron chi connectivity index (χ3n) is 2.52. The van der Waals surface area contributed by atoms with Gasteiger partial charge < -0.3 is 5.11 Å². The predicted octanol–water partition coefficient (Wildman–Crippen LogP) is 3.96. The molecule has 0 saturated carbocycles. The summed E-state index contributed by atoms with van der Waals surface area (Å²) in [6.45, 7) is 0. The number of rotatable bonds is 4. The van der Waals surface area contributed by atoms with Gasteiger partial charge in [0.15, 0.2) is 0 Å². The number of carbonyl (C=O) groups is 1.